The molecule has 0 saturated carbocycles. The van der Waals surface area contributed by atoms with Crippen LogP contribution in [-0.2, 0) is 16.0 Å². The predicted octanol–water partition coefficient (Wildman–Crippen LogP) is 3.22. The molecule has 0 aromatic heterocycles. The van der Waals surface area contributed by atoms with E-state index in [0.29, 0.717) is 0 Å². The molecule has 1 N–H and O–H groups in total. The van der Waals surface area contributed by atoms with Crippen molar-refractivity contribution in [3.63, 3.8) is 0 Å². The zero-order chi connectivity index (χ0) is 18.7. The van der Waals surface area contributed by atoms with Gasteiger partial charge >= 0.3 is 0 Å². The molecule has 0 spiro atoms. The predicted molar refractivity (Wildman–Crippen MR) is 108 cm³/mol. The molecule has 0 saturated heterocycles. The second-order valence-corrected chi connectivity index (χ2v) is 7.47. The van der Waals surface area contributed by atoms with Crippen LogP contribution in [0.5, 0.6) is 0 Å². The fourth-order valence-corrected chi connectivity index (χ4v) is 3.59. The van der Waals surface area contributed by atoms with E-state index in [9.17, 15) is 9.59 Å². The molecule has 6 heteroatoms. The van der Waals surface area contributed by atoms with Crippen LogP contribution in [-0.4, -0.2) is 43.4 Å². The van der Waals surface area contributed by atoms with Gasteiger partial charge in [0.05, 0.1) is 13.1 Å². The van der Waals surface area contributed by atoms with Gasteiger partial charge in [-0.05, 0) is 48.7 Å². The molecule has 1 heterocycles. The molecule has 2 aromatic rings. The van der Waals surface area contributed by atoms with Crippen molar-refractivity contribution >= 4 is 39.1 Å². The maximum Gasteiger partial charge on any atom is 0.243 e. The Bertz CT molecular complexity index is 838. The van der Waals surface area contributed by atoms with E-state index in [4.69, 9.17) is 0 Å². The third-order valence-corrected chi connectivity index (χ3v) is 5.07. The lowest BCUT2D eigenvalue weighted by Gasteiger charge is -2.23. The number of nitrogens with zero attached hydrogens (tertiary/aromatic N) is 2. The molecule has 0 atom stereocenters. The summed E-state index contributed by atoms with van der Waals surface area (Å²) in [4.78, 5) is 28.3. The number of hydrogen-bond donors (Lipinski definition) is 1. The number of anilines is 2. The molecule has 3 rings (SSSR count). The number of carbonyl (C=O) groups is 2. The van der Waals surface area contributed by atoms with Gasteiger partial charge in [-0.1, -0.05) is 34.1 Å². The second kappa shape index (κ2) is 7.91. The van der Waals surface area contributed by atoms with Crippen molar-refractivity contribution in [2.75, 3.05) is 36.9 Å². The molecular formula is C20H22BrN3O2. The molecule has 0 aliphatic carbocycles. The maximum atomic E-state index is 12.5. The van der Waals surface area contributed by atoms with E-state index in [1.807, 2.05) is 43.3 Å². The molecule has 0 fully saturated rings. The van der Waals surface area contributed by atoms with Crippen LogP contribution in [0.4, 0.5) is 11.4 Å². The number of para-hydroxylation sites is 1. The van der Waals surface area contributed by atoms with Gasteiger partial charge in [-0.25, -0.2) is 0 Å². The molecule has 0 unspecified atom stereocenters. The normalized spacial score (nSPS) is 12.7. The van der Waals surface area contributed by atoms with Gasteiger partial charge in [0.1, 0.15) is 0 Å². The third-order valence-electron chi connectivity index (χ3n) is 4.58. The lowest BCUT2D eigenvalue weighted by atomic mass is 10.2. The van der Waals surface area contributed by atoms with E-state index in [1.165, 1.54) is 10.5 Å². The number of fused-ring (bicyclic) bond motifs is 1. The van der Waals surface area contributed by atoms with E-state index < -0.39 is 0 Å². The van der Waals surface area contributed by atoms with E-state index in [0.717, 1.165) is 34.4 Å². The molecule has 136 valence electrons. The van der Waals surface area contributed by atoms with E-state index in [2.05, 4.69) is 32.2 Å². The molecule has 26 heavy (non-hydrogen) atoms. The van der Waals surface area contributed by atoms with Crippen LogP contribution >= 0.6 is 15.9 Å². The Hall–Kier alpha value is -2.34. The largest absolute Gasteiger partial charge is 0.362 e. The SMILES string of the molecule is Cc1cc(Br)ccc1NC(=O)CN(C)C(=O)CN1CCc2ccccc21. The number of carbonyl (C=O) groups excluding carboxylic acids is 2. The van der Waals surface area contributed by atoms with Crippen molar-refractivity contribution in [2.45, 2.75) is 13.3 Å². The summed E-state index contributed by atoms with van der Waals surface area (Å²) in [5.74, 6) is -0.266. The van der Waals surface area contributed by atoms with Crippen LogP contribution < -0.4 is 10.2 Å². The topological polar surface area (TPSA) is 52.7 Å². The zero-order valence-electron chi connectivity index (χ0n) is 15.0. The molecule has 0 radical (unpaired) electrons. The molecule has 1 aliphatic heterocycles. The number of likely N-dealkylation sites (N-methyl/N-ethyl adjacent to an activating group) is 1. The fraction of sp³-hybridized carbons (Fsp3) is 0.300. The minimum absolute atomic E-state index is 0.0316. The van der Waals surface area contributed by atoms with Crippen molar-refractivity contribution < 1.29 is 9.59 Å². The quantitative estimate of drug-likeness (QED) is 0.815. The first-order valence-electron chi connectivity index (χ1n) is 8.57. The van der Waals surface area contributed by atoms with Gasteiger partial charge in [0.2, 0.25) is 11.8 Å². The summed E-state index contributed by atoms with van der Waals surface area (Å²) in [6, 6.07) is 13.8. The van der Waals surface area contributed by atoms with Gasteiger partial charge < -0.3 is 15.1 Å². The summed E-state index contributed by atoms with van der Waals surface area (Å²) in [7, 11) is 1.67. The summed E-state index contributed by atoms with van der Waals surface area (Å²) >= 11 is 3.40. The van der Waals surface area contributed by atoms with Crippen molar-refractivity contribution in [1.29, 1.82) is 0 Å². The van der Waals surface area contributed by atoms with Gasteiger partial charge in [0, 0.05) is 29.4 Å². The Morgan fingerprint density at radius 1 is 1.23 bits per heavy atom. The lowest BCUT2D eigenvalue weighted by molar-refractivity contribution is -0.132. The summed E-state index contributed by atoms with van der Waals surface area (Å²) < 4.78 is 0.964. The van der Waals surface area contributed by atoms with Crippen LogP contribution in [0.25, 0.3) is 0 Å². The van der Waals surface area contributed by atoms with Gasteiger partial charge in [0.15, 0.2) is 0 Å². The average Bonchev–Trinajstić information content (AvgIpc) is 3.00. The average molecular weight is 416 g/mol. The van der Waals surface area contributed by atoms with Crippen molar-refractivity contribution in [3.8, 4) is 0 Å². The number of aryl methyl sites for hydroxylation is 1. The van der Waals surface area contributed by atoms with Crippen molar-refractivity contribution in [3.05, 3.63) is 58.1 Å². The Balaban J connectivity index is 1.55. The molecule has 2 aromatic carbocycles. The molecular weight excluding hydrogens is 394 g/mol. The molecule has 0 bridgehead atoms. The summed E-state index contributed by atoms with van der Waals surface area (Å²) in [5.41, 5.74) is 4.11. The number of hydrogen-bond acceptors (Lipinski definition) is 3. The summed E-state index contributed by atoms with van der Waals surface area (Å²) in [6.45, 7) is 3.09. The maximum absolute atomic E-state index is 12.5. The highest BCUT2D eigenvalue weighted by Gasteiger charge is 2.22. The Kier molecular flexibility index (Phi) is 5.61. The molecule has 1 aliphatic rings. The summed E-state index contributed by atoms with van der Waals surface area (Å²) in [6.07, 6.45) is 0.955. The van der Waals surface area contributed by atoms with Gasteiger partial charge in [-0.15, -0.1) is 0 Å². The van der Waals surface area contributed by atoms with Crippen molar-refractivity contribution in [2.24, 2.45) is 0 Å². The van der Waals surface area contributed by atoms with E-state index in [-0.39, 0.29) is 24.9 Å². The first kappa shape index (κ1) is 18.5. The minimum Gasteiger partial charge on any atom is -0.362 e. The van der Waals surface area contributed by atoms with Gasteiger partial charge in [-0.3, -0.25) is 9.59 Å². The third kappa shape index (κ3) is 4.25. The Labute approximate surface area is 162 Å². The zero-order valence-corrected chi connectivity index (χ0v) is 16.5. The Morgan fingerprint density at radius 2 is 2.00 bits per heavy atom. The highest BCUT2D eigenvalue weighted by Crippen LogP contribution is 2.27. The number of nitrogens with one attached hydrogen (secondary N) is 1. The van der Waals surface area contributed by atoms with Crippen LogP contribution in [0, 0.1) is 6.92 Å². The minimum atomic E-state index is -0.201. The summed E-state index contributed by atoms with van der Waals surface area (Å²) in [5, 5.41) is 2.87. The molecule has 2 amide bonds. The fourth-order valence-electron chi connectivity index (χ4n) is 3.12. The van der Waals surface area contributed by atoms with Crippen LogP contribution in [0.3, 0.4) is 0 Å². The molecule has 5 nitrogen and oxygen atoms in total. The van der Waals surface area contributed by atoms with Gasteiger partial charge in [0.25, 0.3) is 0 Å². The van der Waals surface area contributed by atoms with E-state index in [1.54, 1.807) is 7.05 Å². The van der Waals surface area contributed by atoms with Crippen LogP contribution in [0.2, 0.25) is 0 Å². The van der Waals surface area contributed by atoms with Crippen LogP contribution in [0.15, 0.2) is 46.9 Å². The van der Waals surface area contributed by atoms with Gasteiger partial charge in [-0.2, -0.15) is 0 Å². The highest BCUT2D eigenvalue weighted by molar-refractivity contribution is 9.10. The number of rotatable bonds is 5. The van der Waals surface area contributed by atoms with Crippen molar-refractivity contribution in [1.82, 2.24) is 4.90 Å². The second-order valence-electron chi connectivity index (χ2n) is 6.56. The number of benzene rings is 2. The standard InChI is InChI=1S/C20H22BrN3O2/c1-14-11-16(21)7-8-17(14)22-19(25)12-23(2)20(26)13-24-10-9-15-5-3-4-6-18(15)24/h3-8,11H,9-10,12-13H2,1-2H3,(H,22,25). The smallest absolute Gasteiger partial charge is 0.243 e. The highest BCUT2D eigenvalue weighted by atomic mass is 79.9. The lowest BCUT2D eigenvalue weighted by Crippen LogP contribution is -2.41. The monoisotopic (exact) mass is 415 g/mol. The van der Waals surface area contributed by atoms with Crippen LogP contribution in [0.1, 0.15) is 11.1 Å². The first-order chi connectivity index (χ1) is 12.4. The first-order valence-corrected chi connectivity index (χ1v) is 9.36. The number of halogens is 1. The number of amides is 2. The Morgan fingerprint density at radius 3 is 2.77 bits per heavy atom. The van der Waals surface area contributed by atoms with E-state index >= 15 is 0 Å².